The van der Waals surface area contributed by atoms with Gasteiger partial charge in [0, 0.05) is 15.7 Å². The van der Waals surface area contributed by atoms with Crippen LogP contribution in [0.2, 0.25) is 10.0 Å². The van der Waals surface area contributed by atoms with Gasteiger partial charge >= 0.3 is 5.97 Å². The Balaban J connectivity index is 2.24. The van der Waals surface area contributed by atoms with Crippen LogP contribution < -0.4 is 5.32 Å². The number of carbonyl (C=O) groups is 2. The molecule has 3 rings (SSSR count). The molecule has 2 aromatic rings. The molecular weight excluding hydrogens is 337 g/mol. The molecule has 1 heterocycles. The second kappa shape index (κ2) is 5.55. The van der Waals surface area contributed by atoms with E-state index >= 15 is 0 Å². The standard InChI is InChI=1S/C17H13Cl2NO3/c1-17(11-7-9(15(21)23-2)3-5-13(11)19)12-8-10(18)4-6-14(12)20-16(17)22/h3-8H,1-2H3,(H,20,22)/t17-/m0/s1. The number of ether oxygens (including phenoxy) is 1. The van der Waals surface area contributed by atoms with Gasteiger partial charge in [-0.2, -0.15) is 0 Å². The quantitative estimate of drug-likeness (QED) is 0.832. The lowest BCUT2D eigenvalue weighted by atomic mass is 9.77. The highest BCUT2D eigenvalue weighted by atomic mass is 35.5. The van der Waals surface area contributed by atoms with Crippen LogP contribution in [0.15, 0.2) is 36.4 Å². The summed E-state index contributed by atoms with van der Waals surface area (Å²) in [7, 11) is 1.30. The first kappa shape index (κ1) is 15.8. The minimum atomic E-state index is -1.04. The maximum absolute atomic E-state index is 12.6. The van der Waals surface area contributed by atoms with Crippen LogP contribution in [0.4, 0.5) is 5.69 Å². The molecule has 0 aromatic heterocycles. The number of hydrogen-bond acceptors (Lipinski definition) is 3. The molecule has 1 aliphatic heterocycles. The lowest BCUT2D eigenvalue weighted by Gasteiger charge is -2.24. The van der Waals surface area contributed by atoms with Crippen molar-refractivity contribution in [2.45, 2.75) is 12.3 Å². The van der Waals surface area contributed by atoms with Gasteiger partial charge in [-0.25, -0.2) is 4.79 Å². The minimum absolute atomic E-state index is 0.223. The molecule has 1 amide bonds. The average molecular weight is 350 g/mol. The monoisotopic (exact) mass is 349 g/mol. The van der Waals surface area contributed by atoms with Crippen molar-refractivity contribution < 1.29 is 14.3 Å². The molecule has 0 saturated carbocycles. The van der Waals surface area contributed by atoms with Gasteiger partial charge in [0.15, 0.2) is 0 Å². The van der Waals surface area contributed by atoms with Crippen LogP contribution in [0.5, 0.6) is 0 Å². The highest BCUT2D eigenvalue weighted by Gasteiger charge is 2.45. The fraction of sp³-hybridized carbons (Fsp3) is 0.176. The molecule has 4 nitrogen and oxygen atoms in total. The number of rotatable bonds is 2. The molecule has 1 atom stereocenters. The summed E-state index contributed by atoms with van der Waals surface area (Å²) in [5.41, 5.74) is 1.22. The number of fused-ring (bicyclic) bond motifs is 1. The fourth-order valence-corrected chi connectivity index (χ4v) is 3.31. The van der Waals surface area contributed by atoms with Gasteiger partial charge in [-0.1, -0.05) is 23.2 Å². The average Bonchev–Trinajstić information content (AvgIpc) is 2.79. The third-order valence-electron chi connectivity index (χ3n) is 4.15. The Bertz CT molecular complexity index is 835. The van der Waals surface area contributed by atoms with Gasteiger partial charge in [0.1, 0.15) is 0 Å². The Hall–Kier alpha value is -2.04. The molecule has 2 aromatic carbocycles. The van der Waals surface area contributed by atoms with Gasteiger partial charge in [0.05, 0.1) is 18.1 Å². The van der Waals surface area contributed by atoms with Crippen LogP contribution in [0.3, 0.4) is 0 Å². The van der Waals surface area contributed by atoms with E-state index in [2.05, 4.69) is 5.32 Å². The molecule has 1 aliphatic rings. The van der Waals surface area contributed by atoms with Crippen LogP contribution in [-0.4, -0.2) is 19.0 Å². The highest BCUT2D eigenvalue weighted by Crippen LogP contribution is 2.45. The molecule has 0 aliphatic carbocycles. The van der Waals surface area contributed by atoms with Crippen LogP contribution in [-0.2, 0) is 14.9 Å². The first-order valence-electron chi connectivity index (χ1n) is 6.87. The maximum Gasteiger partial charge on any atom is 0.337 e. The van der Waals surface area contributed by atoms with Crippen molar-refractivity contribution in [3.8, 4) is 0 Å². The molecular formula is C17H13Cl2NO3. The van der Waals surface area contributed by atoms with Crippen LogP contribution in [0.25, 0.3) is 0 Å². The van der Waals surface area contributed by atoms with Crippen LogP contribution in [0.1, 0.15) is 28.4 Å². The van der Waals surface area contributed by atoms with E-state index in [0.29, 0.717) is 26.9 Å². The third kappa shape index (κ3) is 2.38. The third-order valence-corrected chi connectivity index (χ3v) is 4.71. The van der Waals surface area contributed by atoms with E-state index in [1.165, 1.54) is 7.11 Å². The maximum atomic E-state index is 12.6. The van der Waals surface area contributed by atoms with Gasteiger partial charge in [0.2, 0.25) is 5.91 Å². The minimum Gasteiger partial charge on any atom is -0.465 e. The number of halogens is 2. The molecule has 6 heteroatoms. The predicted octanol–water partition coefficient (Wildman–Crippen LogP) is 4.04. The second-order valence-corrected chi connectivity index (χ2v) is 6.30. The number of carbonyl (C=O) groups excluding carboxylic acids is 2. The number of hydrogen-bond donors (Lipinski definition) is 1. The first-order chi connectivity index (χ1) is 10.9. The summed E-state index contributed by atoms with van der Waals surface area (Å²) >= 11 is 12.4. The van der Waals surface area contributed by atoms with Crippen molar-refractivity contribution in [1.29, 1.82) is 0 Å². The van der Waals surface area contributed by atoms with E-state index in [4.69, 9.17) is 27.9 Å². The number of esters is 1. The predicted molar refractivity (Wildman–Crippen MR) is 89.3 cm³/mol. The highest BCUT2D eigenvalue weighted by molar-refractivity contribution is 6.33. The lowest BCUT2D eigenvalue weighted by Crippen LogP contribution is -2.32. The van der Waals surface area contributed by atoms with Crippen molar-refractivity contribution in [2.24, 2.45) is 0 Å². The summed E-state index contributed by atoms with van der Waals surface area (Å²) in [5.74, 6) is -0.713. The van der Waals surface area contributed by atoms with Crippen molar-refractivity contribution in [1.82, 2.24) is 0 Å². The number of amides is 1. The Morgan fingerprint density at radius 3 is 2.57 bits per heavy atom. The SMILES string of the molecule is COC(=O)c1ccc(Cl)c([C@]2(C)C(=O)Nc3ccc(Cl)cc32)c1. The van der Waals surface area contributed by atoms with E-state index in [1.807, 2.05) is 0 Å². The zero-order valence-electron chi connectivity index (χ0n) is 12.4. The summed E-state index contributed by atoms with van der Waals surface area (Å²) in [6.45, 7) is 1.76. The molecule has 0 fully saturated rings. The molecule has 23 heavy (non-hydrogen) atoms. The normalized spacial score (nSPS) is 19.2. The zero-order chi connectivity index (χ0) is 16.8. The Morgan fingerprint density at radius 2 is 1.87 bits per heavy atom. The van der Waals surface area contributed by atoms with Crippen LogP contribution >= 0.6 is 23.2 Å². The second-order valence-electron chi connectivity index (χ2n) is 5.46. The summed E-state index contributed by atoms with van der Waals surface area (Å²) in [5, 5.41) is 3.74. The van der Waals surface area contributed by atoms with Gasteiger partial charge in [-0.05, 0) is 54.4 Å². The molecule has 0 radical (unpaired) electrons. The van der Waals surface area contributed by atoms with Crippen LogP contribution in [0, 0.1) is 0 Å². The molecule has 0 saturated heterocycles. The fourth-order valence-electron chi connectivity index (χ4n) is 2.83. The topological polar surface area (TPSA) is 55.4 Å². The summed E-state index contributed by atoms with van der Waals surface area (Å²) in [4.78, 5) is 24.4. The van der Waals surface area contributed by atoms with Gasteiger partial charge in [0.25, 0.3) is 0 Å². The molecule has 0 spiro atoms. The first-order valence-corrected chi connectivity index (χ1v) is 7.63. The van der Waals surface area contributed by atoms with E-state index in [-0.39, 0.29) is 5.91 Å². The summed E-state index contributed by atoms with van der Waals surface area (Å²) in [6.07, 6.45) is 0. The van der Waals surface area contributed by atoms with Gasteiger partial charge in [-0.3, -0.25) is 4.79 Å². The Kier molecular flexibility index (Phi) is 3.82. The van der Waals surface area contributed by atoms with E-state index < -0.39 is 11.4 Å². The molecule has 0 bridgehead atoms. The largest absolute Gasteiger partial charge is 0.465 e. The number of benzene rings is 2. The number of anilines is 1. The Morgan fingerprint density at radius 1 is 1.13 bits per heavy atom. The number of nitrogens with one attached hydrogen (secondary N) is 1. The van der Waals surface area contributed by atoms with Crippen molar-refractivity contribution >= 4 is 40.8 Å². The summed E-state index contributed by atoms with van der Waals surface area (Å²) in [6, 6.07) is 9.93. The van der Waals surface area contributed by atoms with Gasteiger partial charge in [-0.15, -0.1) is 0 Å². The smallest absolute Gasteiger partial charge is 0.337 e. The molecule has 1 N–H and O–H groups in total. The number of methoxy groups -OCH3 is 1. The van der Waals surface area contributed by atoms with E-state index in [1.54, 1.807) is 43.3 Å². The summed E-state index contributed by atoms with van der Waals surface area (Å²) < 4.78 is 4.74. The van der Waals surface area contributed by atoms with Crippen molar-refractivity contribution in [2.75, 3.05) is 12.4 Å². The van der Waals surface area contributed by atoms with Crippen molar-refractivity contribution in [3.63, 3.8) is 0 Å². The lowest BCUT2D eigenvalue weighted by molar-refractivity contribution is -0.119. The Labute approximate surface area is 143 Å². The molecule has 0 unspecified atom stereocenters. The van der Waals surface area contributed by atoms with Crippen molar-refractivity contribution in [3.05, 3.63) is 63.1 Å². The molecule has 118 valence electrons. The van der Waals surface area contributed by atoms with E-state index in [0.717, 1.165) is 5.56 Å². The van der Waals surface area contributed by atoms with E-state index in [9.17, 15) is 9.59 Å². The van der Waals surface area contributed by atoms with Gasteiger partial charge < -0.3 is 10.1 Å². The zero-order valence-corrected chi connectivity index (χ0v) is 14.0.